The van der Waals surface area contributed by atoms with E-state index in [0.717, 1.165) is 36.9 Å². The third-order valence-corrected chi connectivity index (χ3v) is 3.00. The number of hydrogen-bond donors (Lipinski definition) is 1. The van der Waals surface area contributed by atoms with Crippen molar-refractivity contribution in [3.05, 3.63) is 11.7 Å². The molecule has 0 amide bonds. The molecule has 0 aliphatic heterocycles. The van der Waals surface area contributed by atoms with Gasteiger partial charge in [0.25, 0.3) is 0 Å². The van der Waals surface area contributed by atoms with Gasteiger partial charge in [0.05, 0.1) is 0 Å². The van der Waals surface area contributed by atoms with E-state index < -0.39 is 0 Å². The van der Waals surface area contributed by atoms with E-state index in [1.54, 1.807) is 0 Å². The summed E-state index contributed by atoms with van der Waals surface area (Å²) in [5, 5.41) is 7.24. The molecule has 0 aromatic carbocycles. The molecule has 1 aliphatic rings. The topological polar surface area (TPSA) is 51.0 Å². The molecule has 0 bridgehead atoms. The van der Waals surface area contributed by atoms with Crippen LogP contribution in [0, 0.1) is 5.92 Å². The third-order valence-electron chi connectivity index (χ3n) is 3.00. The van der Waals surface area contributed by atoms with Gasteiger partial charge in [-0.1, -0.05) is 12.1 Å². The van der Waals surface area contributed by atoms with E-state index in [9.17, 15) is 0 Å². The van der Waals surface area contributed by atoms with Crippen LogP contribution in [0.3, 0.4) is 0 Å². The standard InChI is InChI=1S/C11H19N3O/c1-3-9(12-2)7-11-13-10(14-15-11)6-8-4-5-8/h8-9,12H,3-7H2,1-2H3. The van der Waals surface area contributed by atoms with Crippen LogP contribution in [0.5, 0.6) is 0 Å². The second-order valence-electron chi connectivity index (χ2n) is 4.35. The van der Waals surface area contributed by atoms with E-state index in [1.165, 1.54) is 12.8 Å². The number of nitrogens with one attached hydrogen (secondary N) is 1. The number of nitrogens with zero attached hydrogens (tertiary/aromatic N) is 2. The molecule has 1 aliphatic carbocycles. The summed E-state index contributed by atoms with van der Waals surface area (Å²) in [6, 6.07) is 0.444. The second kappa shape index (κ2) is 4.75. The molecule has 0 spiro atoms. The van der Waals surface area contributed by atoms with Crippen LogP contribution < -0.4 is 5.32 Å². The van der Waals surface area contributed by atoms with Crippen molar-refractivity contribution < 1.29 is 4.52 Å². The lowest BCUT2D eigenvalue weighted by Gasteiger charge is -2.09. The molecule has 1 unspecified atom stereocenters. The summed E-state index contributed by atoms with van der Waals surface area (Å²) < 4.78 is 5.23. The highest BCUT2D eigenvalue weighted by Gasteiger charge is 2.24. The Bertz CT molecular complexity index is 303. The van der Waals surface area contributed by atoms with E-state index in [1.807, 2.05) is 7.05 Å². The Morgan fingerprint density at radius 1 is 1.53 bits per heavy atom. The molecule has 1 heterocycles. The van der Waals surface area contributed by atoms with Gasteiger partial charge in [-0.2, -0.15) is 4.98 Å². The number of hydrogen-bond acceptors (Lipinski definition) is 4. The largest absolute Gasteiger partial charge is 0.339 e. The maximum Gasteiger partial charge on any atom is 0.228 e. The highest BCUT2D eigenvalue weighted by Crippen LogP contribution is 2.31. The fourth-order valence-corrected chi connectivity index (χ4v) is 1.70. The van der Waals surface area contributed by atoms with Gasteiger partial charge in [-0.05, 0) is 32.2 Å². The van der Waals surface area contributed by atoms with E-state index in [2.05, 4.69) is 22.4 Å². The van der Waals surface area contributed by atoms with Crippen molar-refractivity contribution in [1.82, 2.24) is 15.5 Å². The van der Waals surface area contributed by atoms with Gasteiger partial charge in [0, 0.05) is 18.9 Å². The molecule has 1 saturated carbocycles. The molecule has 1 atom stereocenters. The smallest absolute Gasteiger partial charge is 0.228 e. The minimum absolute atomic E-state index is 0.444. The first-order valence-electron chi connectivity index (χ1n) is 5.80. The number of rotatable bonds is 6. The second-order valence-corrected chi connectivity index (χ2v) is 4.35. The summed E-state index contributed by atoms with van der Waals surface area (Å²) >= 11 is 0. The summed E-state index contributed by atoms with van der Waals surface area (Å²) in [7, 11) is 1.97. The molecule has 2 rings (SSSR count). The van der Waals surface area contributed by atoms with Gasteiger partial charge in [-0.25, -0.2) is 0 Å². The van der Waals surface area contributed by atoms with Crippen molar-refractivity contribution in [2.45, 2.75) is 45.1 Å². The Morgan fingerprint density at radius 3 is 2.93 bits per heavy atom. The molecule has 1 aromatic heterocycles. The SMILES string of the molecule is CCC(Cc1nc(CC2CC2)no1)NC. The lowest BCUT2D eigenvalue weighted by atomic mass is 10.1. The van der Waals surface area contributed by atoms with Gasteiger partial charge >= 0.3 is 0 Å². The van der Waals surface area contributed by atoms with Crippen LogP contribution in [0.1, 0.15) is 37.9 Å². The zero-order chi connectivity index (χ0) is 10.7. The highest BCUT2D eigenvalue weighted by molar-refractivity contribution is 4.93. The van der Waals surface area contributed by atoms with Crippen LogP contribution in [-0.4, -0.2) is 23.2 Å². The molecule has 1 fully saturated rings. The molecule has 4 nitrogen and oxygen atoms in total. The Hall–Kier alpha value is -0.900. The lowest BCUT2D eigenvalue weighted by Crippen LogP contribution is -2.26. The minimum Gasteiger partial charge on any atom is -0.339 e. The van der Waals surface area contributed by atoms with Crippen LogP contribution in [0.2, 0.25) is 0 Å². The van der Waals surface area contributed by atoms with Crippen molar-refractivity contribution >= 4 is 0 Å². The van der Waals surface area contributed by atoms with Gasteiger partial charge in [0.1, 0.15) is 0 Å². The average molecular weight is 209 g/mol. The van der Waals surface area contributed by atoms with Gasteiger partial charge in [-0.3, -0.25) is 0 Å². The van der Waals surface area contributed by atoms with Crippen molar-refractivity contribution in [3.63, 3.8) is 0 Å². The van der Waals surface area contributed by atoms with Crippen LogP contribution in [-0.2, 0) is 12.8 Å². The van der Waals surface area contributed by atoms with Crippen molar-refractivity contribution in [1.29, 1.82) is 0 Å². The van der Waals surface area contributed by atoms with E-state index in [-0.39, 0.29) is 0 Å². The van der Waals surface area contributed by atoms with Crippen LogP contribution in [0.25, 0.3) is 0 Å². The third kappa shape index (κ3) is 3.02. The molecule has 1 aromatic rings. The Kier molecular flexibility index (Phi) is 3.36. The molecular formula is C11H19N3O. The Labute approximate surface area is 90.4 Å². The summed E-state index contributed by atoms with van der Waals surface area (Å²) in [4.78, 5) is 4.41. The molecule has 0 radical (unpaired) electrons. The van der Waals surface area contributed by atoms with Gasteiger partial charge in [0.15, 0.2) is 5.82 Å². The van der Waals surface area contributed by atoms with Crippen molar-refractivity contribution in [3.8, 4) is 0 Å². The quantitative estimate of drug-likeness (QED) is 0.772. The molecular weight excluding hydrogens is 190 g/mol. The molecule has 84 valence electrons. The monoisotopic (exact) mass is 209 g/mol. The molecule has 15 heavy (non-hydrogen) atoms. The van der Waals surface area contributed by atoms with E-state index >= 15 is 0 Å². The number of aromatic nitrogens is 2. The highest BCUT2D eigenvalue weighted by atomic mass is 16.5. The Balaban J connectivity index is 1.87. The average Bonchev–Trinajstić information content (AvgIpc) is 2.94. The van der Waals surface area contributed by atoms with Gasteiger partial charge in [-0.15, -0.1) is 0 Å². The predicted molar refractivity (Wildman–Crippen MR) is 57.6 cm³/mol. The van der Waals surface area contributed by atoms with Gasteiger partial charge < -0.3 is 9.84 Å². The van der Waals surface area contributed by atoms with E-state index in [0.29, 0.717) is 6.04 Å². The normalized spacial score (nSPS) is 18.0. The van der Waals surface area contributed by atoms with E-state index in [4.69, 9.17) is 4.52 Å². The maximum atomic E-state index is 5.23. The first kappa shape index (κ1) is 10.6. The predicted octanol–water partition coefficient (Wildman–Crippen LogP) is 1.56. The molecule has 1 N–H and O–H groups in total. The zero-order valence-electron chi connectivity index (χ0n) is 9.49. The summed E-state index contributed by atoms with van der Waals surface area (Å²) in [6.07, 6.45) is 5.58. The first-order chi connectivity index (χ1) is 7.31. The maximum absolute atomic E-state index is 5.23. The minimum atomic E-state index is 0.444. The first-order valence-corrected chi connectivity index (χ1v) is 5.80. The molecule has 0 saturated heterocycles. The summed E-state index contributed by atoms with van der Waals surface area (Å²) in [6.45, 7) is 2.16. The van der Waals surface area contributed by atoms with Gasteiger partial charge in [0.2, 0.25) is 5.89 Å². The lowest BCUT2D eigenvalue weighted by molar-refractivity contribution is 0.354. The van der Waals surface area contributed by atoms with Crippen LogP contribution in [0.15, 0.2) is 4.52 Å². The number of likely N-dealkylation sites (N-methyl/N-ethyl adjacent to an activating group) is 1. The fraction of sp³-hybridized carbons (Fsp3) is 0.818. The van der Waals surface area contributed by atoms with Crippen molar-refractivity contribution in [2.75, 3.05) is 7.05 Å². The summed E-state index contributed by atoms with van der Waals surface area (Å²) in [5.74, 6) is 2.48. The Morgan fingerprint density at radius 2 is 2.33 bits per heavy atom. The summed E-state index contributed by atoms with van der Waals surface area (Å²) in [5.41, 5.74) is 0. The van der Waals surface area contributed by atoms with Crippen molar-refractivity contribution in [2.24, 2.45) is 5.92 Å². The van der Waals surface area contributed by atoms with Crippen LogP contribution >= 0.6 is 0 Å². The fourth-order valence-electron chi connectivity index (χ4n) is 1.70. The zero-order valence-corrected chi connectivity index (χ0v) is 9.49. The molecule has 4 heteroatoms. The van der Waals surface area contributed by atoms with Crippen LogP contribution in [0.4, 0.5) is 0 Å².